The zero-order chi connectivity index (χ0) is 10.3. The highest BCUT2D eigenvalue weighted by atomic mass is 16.2. The lowest BCUT2D eigenvalue weighted by Gasteiger charge is -1.96. The second kappa shape index (κ2) is 2.62. The number of fused-ring (bicyclic) bond motifs is 1. The van der Waals surface area contributed by atoms with E-state index in [9.17, 15) is 9.59 Å². The molecule has 0 aromatic carbocycles. The molecule has 8 nitrogen and oxygen atoms in total. The molecule has 0 radical (unpaired) electrons. The van der Waals surface area contributed by atoms with Crippen LogP contribution in [0.1, 0.15) is 10.6 Å². The lowest BCUT2D eigenvalue weighted by molar-refractivity contribution is 0.0989. The van der Waals surface area contributed by atoms with Crippen molar-refractivity contribution < 1.29 is 4.79 Å². The summed E-state index contributed by atoms with van der Waals surface area (Å²) in [5, 5.41) is 7.17. The molecule has 2 aromatic heterocycles. The second-order valence-electron chi connectivity index (χ2n) is 2.64. The van der Waals surface area contributed by atoms with Gasteiger partial charge < -0.3 is 5.73 Å². The van der Waals surface area contributed by atoms with Gasteiger partial charge in [-0.3, -0.25) is 4.79 Å². The molecule has 2 N–H and O–H groups in total. The molecule has 1 amide bonds. The molecule has 0 spiro atoms. The van der Waals surface area contributed by atoms with Crippen LogP contribution < -0.4 is 11.4 Å². The van der Waals surface area contributed by atoms with Crippen molar-refractivity contribution in [1.82, 2.24) is 24.4 Å². The zero-order valence-electron chi connectivity index (χ0n) is 7.21. The summed E-state index contributed by atoms with van der Waals surface area (Å²) in [6.45, 7) is 0. The highest BCUT2D eigenvalue weighted by Gasteiger charge is 2.13. The molecule has 8 heteroatoms. The maximum Gasteiger partial charge on any atom is 0.353 e. The van der Waals surface area contributed by atoms with Crippen molar-refractivity contribution in [2.45, 2.75) is 0 Å². The van der Waals surface area contributed by atoms with Gasteiger partial charge in [0.2, 0.25) is 5.82 Å². The van der Waals surface area contributed by atoms with Crippen molar-refractivity contribution in [3.8, 4) is 0 Å². The first-order chi connectivity index (χ1) is 6.61. The minimum atomic E-state index is -0.782. The van der Waals surface area contributed by atoms with Crippen LogP contribution in [-0.2, 0) is 7.05 Å². The molecular weight excluding hydrogens is 188 g/mol. The van der Waals surface area contributed by atoms with Gasteiger partial charge >= 0.3 is 5.69 Å². The zero-order valence-corrected chi connectivity index (χ0v) is 7.21. The van der Waals surface area contributed by atoms with Crippen LogP contribution in [0.4, 0.5) is 0 Å². The Balaban J connectivity index is 2.96. The molecule has 0 unspecified atom stereocenters. The van der Waals surface area contributed by atoms with E-state index < -0.39 is 11.6 Å². The highest BCUT2D eigenvalue weighted by molar-refractivity contribution is 5.89. The van der Waals surface area contributed by atoms with E-state index in [2.05, 4.69) is 15.3 Å². The summed E-state index contributed by atoms with van der Waals surface area (Å²) >= 11 is 0. The summed E-state index contributed by atoms with van der Waals surface area (Å²) in [4.78, 5) is 26.0. The Kier molecular flexibility index (Phi) is 1.56. The normalized spacial score (nSPS) is 10.6. The molecule has 2 heterocycles. The van der Waals surface area contributed by atoms with Crippen LogP contribution >= 0.6 is 0 Å². The number of hydrogen-bond acceptors (Lipinski definition) is 5. The van der Waals surface area contributed by atoms with Crippen LogP contribution in [0.25, 0.3) is 5.65 Å². The Morgan fingerprint density at radius 2 is 2.29 bits per heavy atom. The standard InChI is InChI=1S/C6H6N6O2/c1-11-6(14)12-3(9-10-11)2-8-5(12)4(7)13/h2H,1H3,(H2,7,13). The topological polar surface area (TPSA) is 108 Å². The average Bonchev–Trinajstić information content (AvgIpc) is 2.55. The van der Waals surface area contributed by atoms with Gasteiger partial charge in [0.15, 0.2) is 5.65 Å². The number of aromatic nitrogens is 5. The van der Waals surface area contributed by atoms with Crippen molar-refractivity contribution >= 4 is 11.6 Å². The number of hydrogen-bond donors (Lipinski definition) is 1. The maximum atomic E-state index is 11.5. The average molecular weight is 194 g/mol. The quantitative estimate of drug-likeness (QED) is 0.560. The van der Waals surface area contributed by atoms with Gasteiger partial charge in [-0.2, -0.15) is 4.68 Å². The van der Waals surface area contributed by atoms with E-state index in [0.29, 0.717) is 0 Å². The second-order valence-corrected chi connectivity index (χ2v) is 2.64. The Morgan fingerprint density at radius 1 is 1.57 bits per heavy atom. The largest absolute Gasteiger partial charge is 0.363 e. The van der Waals surface area contributed by atoms with Gasteiger partial charge in [0, 0.05) is 7.05 Å². The van der Waals surface area contributed by atoms with E-state index in [0.717, 1.165) is 9.08 Å². The lowest BCUT2D eigenvalue weighted by atomic mass is 10.6. The molecule has 2 aromatic rings. The number of rotatable bonds is 1. The van der Waals surface area contributed by atoms with Gasteiger partial charge in [-0.25, -0.2) is 14.2 Å². The SMILES string of the molecule is Cn1nnc2cnc(C(N)=O)n2c1=O. The Hall–Kier alpha value is -2.25. The van der Waals surface area contributed by atoms with E-state index in [4.69, 9.17) is 5.73 Å². The predicted molar refractivity (Wildman–Crippen MR) is 44.5 cm³/mol. The third-order valence-electron chi connectivity index (χ3n) is 1.71. The molecule has 0 aliphatic heterocycles. The first-order valence-corrected chi connectivity index (χ1v) is 3.68. The number of imidazole rings is 1. The summed E-state index contributed by atoms with van der Waals surface area (Å²) in [5.74, 6) is -0.925. The summed E-state index contributed by atoms with van der Waals surface area (Å²) in [7, 11) is 1.42. The number of aryl methyl sites for hydroxylation is 1. The lowest BCUT2D eigenvalue weighted by Crippen LogP contribution is -2.31. The van der Waals surface area contributed by atoms with E-state index in [1.165, 1.54) is 13.2 Å². The molecular formula is C6H6N6O2. The molecule has 2 rings (SSSR count). The van der Waals surface area contributed by atoms with Crippen LogP contribution in [0.5, 0.6) is 0 Å². The Labute approximate surface area is 77.0 Å². The van der Waals surface area contributed by atoms with Crippen molar-refractivity contribution in [3.05, 3.63) is 22.5 Å². The minimum Gasteiger partial charge on any atom is -0.363 e. The number of primary amides is 1. The molecule has 0 bridgehead atoms. The van der Waals surface area contributed by atoms with Gasteiger partial charge in [0.25, 0.3) is 5.91 Å². The van der Waals surface area contributed by atoms with E-state index in [-0.39, 0.29) is 11.5 Å². The fourth-order valence-electron chi connectivity index (χ4n) is 1.07. The number of nitrogens with zero attached hydrogens (tertiary/aromatic N) is 5. The smallest absolute Gasteiger partial charge is 0.353 e. The van der Waals surface area contributed by atoms with E-state index in [1.807, 2.05) is 0 Å². The minimum absolute atomic E-state index is 0.143. The third-order valence-corrected chi connectivity index (χ3v) is 1.71. The summed E-state index contributed by atoms with van der Waals surface area (Å²) < 4.78 is 2.00. The number of amides is 1. The maximum absolute atomic E-state index is 11.5. The first kappa shape index (κ1) is 8.35. The molecule has 0 aliphatic carbocycles. The van der Waals surface area contributed by atoms with Crippen molar-refractivity contribution in [2.75, 3.05) is 0 Å². The Morgan fingerprint density at radius 3 is 2.93 bits per heavy atom. The van der Waals surface area contributed by atoms with Crippen molar-refractivity contribution in [3.63, 3.8) is 0 Å². The van der Waals surface area contributed by atoms with Crippen LogP contribution in [0, 0.1) is 0 Å². The van der Waals surface area contributed by atoms with Gasteiger partial charge in [-0.1, -0.05) is 5.21 Å². The summed E-state index contributed by atoms with van der Waals surface area (Å²) in [6, 6.07) is 0. The molecule has 0 saturated carbocycles. The summed E-state index contributed by atoms with van der Waals surface area (Å²) in [5.41, 5.74) is 4.71. The monoisotopic (exact) mass is 194 g/mol. The highest BCUT2D eigenvalue weighted by Crippen LogP contribution is 1.96. The number of nitrogens with two attached hydrogens (primary N) is 1. The Bertz CT molecular complexity index is 567. The van der Waals surface area contributed by atoms with Crippen molar-refractivity contribution in [2.24, 2.45) is 12.8 Å². The molecule has 0 fully saturated rings. The number of carbonyl (C=O) groups is 1. The fraction of sp³-hybridized carbons (Fsp3) is 0.167. The number of carbonyl (C=O) groups excluding carboxylic acids is 1. The van der Waals surface area contributed by atoms with E-state index in [1.54, 1.807) is 0 Å². The van der Waals surface area contributed by atoms with Gasteiger partial charge in [0.05, 0.1) is 6.20 Å². The van der Waals surface area contributed by atoms with Crippen LogP contribution in [0.15, 0.2) is 11.0 Å². The fourth-order valence-corrected chi connectivity index (χ4v) is 1.07. The molecule has 14 heavy (non-hydrogen) atoms. The third kappa shape index (κ3) is 0.969. The van der Waals surface area contributed by atoms with Crippen LogP contribution in [0.2, 0.25) is 0 Å². The molecule has 0 atom stereocenters. The predicted octanol–water partition coefficient (Wildman–Crippen LogP) is -2.08. The van der Waals surface area contributed by atoms with E-state index >= 15 is 0 Å². The van der Waals surface area contributed by atoms with Crippen LogP contribution in [0.3, 0.4) is 0 Å². The molecule has 0 saturated heterocycles. The molecule has 0 aliphatic rings. The van der Waals surface area contributed by atoms with Gasteiger partial charge in [-0.05, 0) is 0 Å². The molecule has 72 valence electrons. The van der Waals surface area contributed by atoms with Crippen molar-refractivity contribution in [1.29, 1.82) is 0 Å². The van der Waals surface area contributed by atoms with Gasteiger partial charge in [0.1, 0.15) is 0 Å². The first-order valence-electron chi connectivity index (χ1n) is 3.68. The van der Waals surface area contributed by atoms with Crippen LogP contribution in [-0.4, -0.2) is 30.3 Å². The summed E-state index contributed by atoms with van der Waals surface area (Å²) in [6.07, 6.45) is 1.26. The van der Waals surface area contributed by atoms with Gasteiger partial charge in [-0.15, -0.1) is 5.10 Å².